The molecule has 0 bridgehead atoms. The van der Waals surface area contributed by atoms with Crippen LogP contribution in [0.25, 0.3) is 0 Å². The van der Waals surface area contributed by atoms with Crippen LogP contribution in [0.5, 0.6) is 11.5 Å². The molecule has 3 aromatic rings. The molecule has 3 aromatic carbocycles. The highest BCUT2D eigenvalue weighted by molar-refractivity contribution is 5.74. The molecule has 0 saturated carbocycles. The molecule has 0 aliphatic rings. The average Bonchev–Trinajstić information content (AvgIpc) is 2.87. The second-order valence-electron chi connectivity index (χ2n) is 8.45. The molecule has 5 nitrogen and oxygen atoms in total. The largest absolute Gasteiger partial charge is 0.457 e. The molecule has 0 aliphatic carbocycles. The molecule has 0 saturated heterocycles. The molecule has 0 aromatic heterocycles. The van der Waals surface area contributed by atoms with Gasteiger partial charge in [0.15, 0.2) is 0 Å². The number of hydrogen-bond donors (Lipinski definition) is 0. The summed E-state index contributed by atoms with van der Waals surface area (Å²) in [6.07, 6.45) is -1.07. The van der Waals surface area contributed by atoms with Gasteiger partial charge in [-0.05, 0) is 54.4 Å². The van der Waals surface area contributed by atoms with E-state index in [2.05, 4.69) is 24.0 Å². The fraction of sp³-hybridized carbons (Fsp3) is 0.233. The van der Waals surface area contributed by atoms with Crippen molar-refractivity contribution in [1.82, 2.24) is 0 Å². The van der Waals surface area contributed by atoms with Crippen molar-refractivity contribution >= 4 is 5.97 Å². The summed E-state index contributed by atoms with van der Waals surface area (Å²) in [5, 5.41) is 18.7. The van der Waals surface area contributed by atoms with E-state index in [1.54, 1.807) is 48.5 Å². The van der Waals surface area contributed by atoms with E-state index in [1.165, 1.54) is 0 Å². The zero-order valence-electron chi connectivity index (χ0n) is 19.9. The van der Waals surface area contributed by atoms with E-state index in [0.29, 0.717) is 22.6 Å². The predicted octanol–water partition coefficient (Wildman–Crippen LogP) is 6.42. The van der Waals surface area contributed by atoms with Gasteiger partial charge in [0.2, 0.25) is 6.10 Å². The molecule has 0 N–H and O–H groups in total. The van der Waals surface area contributed by atoms with E-state index in [0.717, 1.165) is 5.56 Å². The van der Waals surface area contributed by atoms with Gasteiger partial charge in [0, 0.05) is 17.0 Å². The van der Waals surface area contributed by atoms with Gasteiger partial charge in [-0.2, -0.15) is 10.5 Å². The minimum Gasteiger partial charge on any atom is -0.457 e. The zero-order chi connectivity index (χ0) is 25.2. The minimum absolute atomic E-state index is 0.0418. The summed E-state index contributed by atoms with van der Waals surface area (Å²) in [6.45, 7) is 5.74. The van der Waals surface area contributed by atoms with Crippen LogP contribution in [0.4, 0.5) is 0 Å². The monoisotopic (exact) mass is 462 g/mol. The summed E-state index contributed by atoms with van der Waals surface area (Å²) in [5.41, 5.74) is 1.86. The molecule has 3 unspecified atom stereocenters. The molecular formula is C30H26N2O3. The van der Waals surface area contributed by atoms with E-state index in [1.807, 2.05) is 51.1 Å². The third kappa shape index (κ3) is 6.97. The summed E-state index contributed by atoms with van der Waals surface area (Å²) in [4.78, 5) is 13.1. The molecule has 3 atom stereocenters. The quantitative estimate of drug-likeness (QED) is 0.299. The van der Waals surface area contributed by atoms with Gasteiger partial charge >= 0.3 is 5.97 Å². The number of rotatable bonds is 7. The molecule has 3 rings (SSSR count). The predicted molar refractivity (Wildman–Crippen MR) is 133 cm³/mol. The molecule has 0 spiro atoms. The minimum atomic E-state index is -1.07. The Labute approximate surface area is 206 Å². The number of hydrogen-bond acceptors (Lipinski definition) is 5. The molecule has 0 radical (unpaired) electrons. The van der Waals surface area contributed by atoms with Gasteiger partial charge in [0.25, 0.3) is 0 Å². The lowest BCUT2D eigenvalue weighted by Gasteiger charge is -2.24. The van der Waals surface area contributed by atoms with Gasteiger partial charge in [-0.15, -0.1) is 0 Å². The first-order valence-electron chi connectivity index (χ1n) is 11.4. The summed E-state index contributed by atoms with van der Waals surface area (Å²) in [7, 11) is 0. The van der Waals surface area contributed by atoms with Crippen LogP contribution in [0, 0.1) is 52.3 Å². The Morgan fingerprint density at radius 1 is 0.829 bits per heavy atom. The first-order chi connectivity index (χ1) is 16.9. The fourth-order valence-corrected chi connectivity index (χ4v) is 3.70. The Morgan fingerprint density at radius 3 is 2.11 bits per heavy atom. The van der Waals surface area contributed by atoms with Crippen LogP contribution in [0.15, 0.2) is 78.9 Å². The van der Waals surface area contributed by atoms with Crippen molar-refractivity contribution in [2.24, 2.45) is 17.8 Å². The molecule has 35 heavy (non-hydrogen) atoms. The molecule has 0 fully saturated rings. The third-order valence-electron chi connectivity index (χ3n) is 5.48. The van der Waals surface area contributed by atoms with Crippen molar-refractivity contribution in [2.75, 3.05) is 0 Å². The van der Waals surface area contributed by atoms with Crippen LogP contribution in [0.3, 0.4) is 0 Å². The van der Waals surface area contributed by atoms with Gasteiger partial charge < -0.3 is 9.47 Å². The van der Waals surface area contributed by atoms with E-state index >= 15 is 0 Å². The SMILES string of the molecule is CC(C)C(C(=O)OC(C#N)c1cccc(Oc2ccccc2)c1)C(C)C#Cc1ccc(C#N)cc1. The number of carbonyl (C=O) groups is 1. The fourth-order valence-electron chi connectivity index (χ4n) is 3.70. The number of ether oxygens (including phenoxy) is 2. The van der Waals surface area contributed by atoms with Gasteiger partial charge in [0.1, 0.15) is 17.6 Å². The molecule has 0 amide bonds. The lowest BCUT2D eigenvalue weighted by molar-refractivity contribution is -0.154. The first-order valence-corrected chi connectivity index (χ1v) is 11.4. The number of nitriles is 2. The number of para-hydroxylation sites is 1. The number of nitrogens with zero attached hydrogens (tertiary/aromatic N) is 2. The highest BCUT2D eigenvalue weighted by Gasteiger charge is 2.31. The van der Waals surface area contributed by atoms with Crippen molar-refractivity contribution in [3.05, 3.63) is 95.6 Å². The maximum absolute atomic E-state index is 13.1. The van der Waals surface area contributed by atoms with Crippen molar-refractivity contribution in [2.45, 2.75) is 26.9 Å². The molecule has 174 valence electrons. The second kappa shape index (κ2) is 12.1. The summed E-state index contributed by atoms with van der Waals surface area (Å²) in [5.74, 6) is 6.09. The Kier molecular flexibility index (Phi) is 8.66. The van der Waals surface area contributed by atoms with Crippen molar-refractivity contribution in [3.63, 3.8) is 0 Å². The Morgan fingerprint density at radius 2 is 1.49 bits per heavy atom. The van der Waals surface area contributed by atoms with Crippen LogP contribution in [0.2, 0.25) is 0 Å². The van der Waals surface area contributed by atoms with E-state index in [9.17, 15) is 10.1 Å². The van der Waals surface area contributed by atoms with Crippen molar-refractivity contribution in [3.8, 4) is 35.5 Å². The van der Waals surface area contributed by atoms with Gasteiger partial charge in [-0.1, -0.05) is 62.9 Å². The normalized spacial score (nSPS) is 12.7. The third-order valence-corrected chi connectivity index (χ3v) is 5.48. The Hall–Kier alpha value is -4.53. The van der Waals surface area contributed by atoms with Crippen LogP contribution in [0.1, 0.15) is 43.6 Å². The topological polar surface area (TPSA) is 83.1 Å². The maximum atomic E-state index is 13.1. The maximum Gasteiger partial charge on any atom is 0.312 e. The van der Waals surface area contributed by atoms with Gasteiger partial charge in [0.05, 0.1) is 17.6 Å². The Balaban J connectivity index is 1.73. The number of carbonyl (C=O) groups excluding carboxylic acids is 1. The van der Waals surface area contributed by atoms with Crippen LogP contribution in [-0.2, 0) is 9.53 Å². The average molecular weight is 463 g/mol. The van der Waals surface area contributed by atoms with Crippen molar-refractivity contribution in [1.29, 1.82) is 10.5 Å². The van der Waals surface area contributed by atoms with Crippen molar-refractivity contribution < 1.29 is 14.3 Å². The van der Waals surface area contributed by atoms with Crippen LogP contribution in [-0.4, -0.2) is 5.97 Å². The number of esters is 1. The highest BCUT2D eigenvalue weighted by Crippen LogP contribution is 2.29. The lowest BCUT2D eigenvalue weighted by Crippen LogP contribution is -2.29. The van der Waals surface area contributed by atoms with E-state index < -0.39 is 18.0 Å². The van der Waals surface area contributed by atoms with Crippen LogP contribution < -0.4 is 4.74 Å². The number of benzene rings is 3. The smallest absolute Gasteiger partial charge is 0.312 e. The lowest BCUT2D eigenvalue weighted by atomic mass is 9.84. The van der Waals surface area contributed by atoms with Gasteiger partial charge in [-0.3, -0.25) is 4.79 Å². The first kappa shape index (κ1) is 25.1. The molecule has 5 heteroatoms. The molecule has 0 heterocycles. The standard InChI is InChI=1S/C30H26N2O3/c1-21(2)29(22(3)12-13-23-14-16-24(19-31)17-15-23)30(33)35-28(20-32)25-8-7-11-27(18-25)34-26-9-5-4-6-10-26/h4-11,14-18,21-22,28-29H,1-3H3. The van der Waals surface area contributed by atoms with E-state index in [-0.39, 0.29) is 11.8 Å². The summed E-state index contributed by atoms with van der Waals surface area (Å²) < 4.78 is 11.5. The summed E-state index contributed by atoms with van der Waals surface area (Å²) >= 11 is 0. The summed E-state index contributed by atoms with van der Waals surface area (Å²) in [6, 6.07) is 27.4. The zero-order valence-corrected chi connectivity index (χ0v) is 19.9. The Bertz CT molecular complexity index is 1290. The second-order valence-corrected chi connectivity index (χ2v) is 8.45. The van der Waals surface area contributed by atoms with Gasteiger partial charge in [-0.25, -0.2) is 0 Å². The highest BCUT2D eigenvalue weighted by atomic mass is 16.5. The van der Waals surface area contributed by atoms with Crippen LogP contribution >= 0.6 is 0 Å². The molecule has 0 aliphatic heterocycles. The van der Waals surface area contributed by atoms with E-state index in [4.69, 9.17) is 14.7 Å². The molecular weight excluding hydrogens is 436 g/mol.